The number of halogens is 1. The van der Waals surface area contributed by atoms with Crippen molar-refractivity contribution in [1.29, 1.82) is 0 Å². The summed E-state index contributed by atoms with van der Waals surface area (Å²) in [5.74, 6) is 1.01. The van der Waals surface area contributed by atoms with Crippen molar-refractivity contribution in [3.8, 4) is 11.6 Å². The maximum absolute atomic E-state index is 11.7. The Bertz CT molecular complexity index is 572. The summed E-state index contributed by atoms with van der Waals surface area (Å²) >= 11 is 3.34. The SMILES string of the molecule is CCc1nc(-c2occc2Br)[nH]c(=O)c1C. The molecule has 0 atom stereocenters. The van der Waals surface area contributed by atoms with Crippen LogP contribution in [0.1, 0.15) is 18.2 Å². The van der Waals surface area contributed by atoms with Crippen LogP contribution in [0.5, 0.6) is 0 Å². The number of hydrogen-bond acceptors (Lipinski definition) is 3. The van der Waals surface area contributed by atoms with Crippen molar-refractivity contribution < 1.29 is 4.42 Å². The molecule has 2 aromatic rings. The Hall–Kier alpha value is -1.36. The summed E-state index contributed by atoms with van der Waals surface area (Å²) in [7, 11) is 0. The zero-order valence-electron chi connectivity index (χ0n) is 9.00. The Morgan fingerprint density at radius 2 is 2.31 bits per heavy atom. The summed E-state index contributed by atoms with van der Waals surface area (Å²) in [6.45, 7) is 3.74. The molecular weight excluding hydrogens is 272 g/mol. The van der Waals surface area contributed by atoms with Gasteiger partial charge in [-0.3, -0.25) is 4.79 Å². The number of aryl methyl sites for hydroxylation is 1. The van der Waals surface area contributed by atoms with E-state index >= 15 is 0 Å². The van der Waals surface area contributed by atoms with E-state index in [1.165, 1.54) is 0 Å². The van der Waals surface area contributed by atoms with Crippen LogP contribution in [0.3, 0.4) is 0 Å². The molecule has 2 rings (SSSR count). The van der Waals surface area contributed by atoms with E-state index in [9.17, 15) is 4.79 Å². The Balaban J connectivity index is 2.64. The van der Waals surface area contributed by atoms with Crippen LogP contribution < -0.4 is 5.56 Å². The minimum Gasteiger partial charge on any atom is -0.460 e. The molecule has 0 aliphatic heterocycles. The lowest BCUT2D eigenvalue weighted by Gasteiger charge is -2.03. The number of aromatic nitrogens is 2. The molecule has 0 bridgehead atoms. The first-order valence-corrected chi connectivity index (χ1v) is 5.76. The van der Waals surface area contributed by atoms with E-state index in [1.807, 2.05) is 6.92 Å². The number of nitrogens with one attached hydrogen (secondary N) is 1. The molecule has 1 N–H and O–H groups in total. The molecule has 2 aromatic heterocycles. The molecule has 0 aliphatic rings. The molecule has 0 amide bonds. The van der Waals surface area contributed by atoms with Gasteiger partial charge < -0.3 is 9.40 Å². The Labute approximate surface area is 101 Å². The van der Waals surface area contributed by atoms with Gasteiger partial charge in [0.25, 0.3) is 5.56 Å². The molecule has 0 spiro atoms. The molecule has 0 aliphatic carbocycles. The highest BCUT2D eigenvalue weighted by molar-refractivity contribution is 9.10. The molecule has 84 valence electrons. The van der Waals surface area contributed by atoms with Crippen molar-refractivity contribution in [2.24, 2.45) is 0 Å². The van der Waals surface area contributed by atoms with E-state index < -0.39 is 0 Å². The molecule has 5 heteroatoms. The third kappa shape index (κ3) is 1.82. The minimum absolute atomic E-state index is 0.120. The smallest absolute Gasteiger partial charge is 0.254 e. The van der Waals surface area contributed by atoms with Crippen molar-refractivity contribution in [2.75, 3.05) is 0 Å². The molecule has 2 heterocycles. The van der Waals surface area contributed by atoms with Crippen LogP contribution in [0.25, 0.3) is 11.6 Å². The second kappa shape index (κ2) is 4.25. The standard InChI is InChI=1S/C11H11BrN2O2/c1-3-8-6(2)11(15)14-10(13-8)9-7(12)4-5-16-9/h4-5H,3H2,1-2H3,(H,13,14,15). The van der Waals surface area contributed by atoms with Crippen LogP contribution in [0.15, 0.2) is 26.0 Å². The van der Waals surface area contributed by atoms with Crippen LogP contribution in [-0.4, -0.2) is 9.97 Å². The third-order valence-corrected chi connectivity index (χ3v) is 3.04. The average molecular weight is 283 g/mol. The molecular formula is C11H11BrN2O2. The lowest BCUT2D eigenvalue weighted by molar-refractivity contribution is 0.575. The van der Waals surface area contributed by atoms with Crippen molar-refractivity contribution in [2.45, 2.75) is 20.3 Å². The number of rotatable bonds is 2. The van der Waals surface area contributed by atoms with Crippen LogP contribution in [0.2, 0.25) is 0 Å². The predicted molar refractivity (Wildman–Crippen MR) is 64.4 cm³/mol. The number of aromatic amines is 1. The lowest BCUT2D eigenvalue weighted by atomic mass is 10.2. The second-order valence-electron chi connectivity index (χ2n) is 3.44. The van der Waals surface area contributed by atoms with Crippen molar-refractivity contribution >= 4 is 15.9 Å². The fraction of sp³-hybridized carbons (Fsp3) is 0.273. The molecule has 0 unspecified atom stereocenters. The highest BCUT2D eigenvalue weighted by Gasteiger charge is 2.12. The number of H-pyrrole nitrogens is 1. The minimum atomic E-state index is -0.120. The van der Waals surface area contributed by atoms with Gasteiger partial charge in [-0.15, -0.1) is 0 Å². The van der Waals surface area contributed by atoms with Gasteiger partial charge in [-0.2, -0.15) is 0 Å². The van der Waals surface area contributed by atoms with Gasteiger partial charge in [-0.1, -0.05) is 6.92 Å². The van der Waals surface area contributed by atoms with Gasteiger partial charge in [0.05, 0.1) is 16.4 Å². The fourth-order valence-electron chi connectivity index (χ4n) is 1.49. The van der Waals surface area contributed by atoms with Gasteiger partial charge in [0.15, 0.2) is 11.6 Å². The summed E-state index contributed by atoms with van der Waals surface area (Å²) in [5.41, 5.74) is 1.33. The van der Waals surface area contributed by atoms with Gasteiger partial charge in [0, 0.05) is 5.56 Å². The molecule has 0 fully saturated rings. The van der Waals surface area contributed by atoms with Gasteiger partial charge >= 0.3 is 0 Å². The zero-order chi connectivity index (χ0) is 11.7. The first-order valence-electron chi connectivity index (χ1n) is 4.96. The Morgan fingerprint density at radius 1 is 1.56 bits per heavy atom. The largest absolute Gasteiger partial charge is 0.460 e. The molecule has 0 saturated heterocycles. The maximum atomic E-state index is 11.7. The number of hydrogen-bond donors (Lipinski definition) is 1. The number of furan rings is 1. The molecule has 0 radical (unpaired) electrons. The number of nitrogens with zero attached hydrogens (tertiary/aromatic N) is 1. The Kier molecular flexibility index (Phi) is 2.96. The van der Waals surface area contributed by atoms with Crippen molar-refractivity contribution in [3.63, 3.8) is 0 Å². The topological polar surface area (TPSA) is 58.9 Å². The van der Waals surface area contributed by atoms with E-state index in [-0.39, 0.29) is 5.56 Å². The van der Waals surface area contributed by atoms with Crippen molar-refractivity contribution in [1.82, 2.24) is 9.97 Å². The second-order valence-corrected chi connectivity index (χ2v) is 4.29. The fourth-order valence-corrected chi connectivity index (χ4v) is 1.88. The van der Waals surface area contributed by atoms with Gasteiger partial charge in [0.1, 0.15) is 0 Å². The third-order valence-electron chi connectivity index (χ3n) is 2.42. The normalized spacial score (nSPS) is 10.7. The summed E-state index contributed by atoms with van der Waals surface area (Å²) in [6, 6.07) is 1.76. The molecule has 4 nitrogen and oxygen atoms in total. The maximum Gasteiger partial charge on any atom is 0.254 e. The van der Waals surface area contributed by atoms with Gasteiger partial charge in [-0.05, 0) is 35.3 Å². The average Bonchev–Trinajstić information content (AvgIpc) is 2.68. The zero-order valence-corrected chi connectivity index (χ0v) is 10.6. The molecule has 0 saturated carbocycles. The van der Waals surface area contributed by atoms with Gasteiger partial charge in [0.2, 0.25) is 0 Å². The monoisotopic (exact) mass is 282 g/mol. The molecule has 0 aromatic carbocycles. The molecule has 16 heavy (non-hydrogen) atoms. The highest BCUT2D eigenvalue weighted by atomic mass is 79.9. The van der Waals surface area contributed by atoms with E-state index in [0.717, 1.165) is 16.6 Å². The van der Waals surface area contributed by atoms with E-state index in [4.69, 9.17) is 4.42 Å². The van der Waals surface area contributed by atoms with Crippen LogP contribution >= 0.6 is 15.9 Å². The predicted octanol–water partition coefficient (Wildman–Crippen LogP) is 2.66. The summed E-state index contributed by atoms with van der Waals surface area (Å²) in [4.78, 5) is 18.8. The van der Waals surface area contributed by atoms with Crippen LogP contribution in [0.4, 0.5) is 0 Å². The Morgan fingerprint density at radius 3 is 2.88 bits per heavy atom. The lowest BCUT2D eigenvalue weighted by Crippen LogP contribution is -2.15. The van der Waals surface area contributed by atoms with E-state index in [1.54, 1.807) is 19.3 Å². The first-order chi connectivity index (χ1) is 7.63. The summed E-state index contributed by atoms with van der Waals surface area (Å²) in [5, 5.41) is 0. The highest BCUT2D eigenvalue weighted by Crippen LogP contribution is 2.26. The first kappa shape index (κ1) is 11.1. The quantitative estimate of drug-likeness (QED) is 0.921. The summed E-state index contributed by atoms with van der Waals surface area (Å²) in [6.07, 6.45) is 2.27. The van der Waals surface area contributed by atoms with E-state index in [0.29, 0.717) is 17.1 Å². The van der Waals surface area contributed by atoms with Crippen LogP contribution in [-0.2, 0) is 6.42 Å². The van der Waals surface area contributed by atoms with Gasteiger partial charge in [-0.25, -0.2) is 4.98 Å². The van der Waals surface area contributed by atoms with Crippen LogP contribution in [0, 0.1) is 6.92 Å². The summed E-state index contributed by atoms with van der Waals surface area (Å²) < 4.78 is 6.04. The van der Waals surface area contributed by atoms with Crippen molar-refractivity contribution in [3.05, 3.63) is 38.4 Å². The van der Waals surface area contributed by atoms with E-state index in [2.05, 4.69) is 25.9 Å².